The van der Waals surface area contributed by atoms with Crippen molar-refractivity contribution in [2.45, 2.75) is 37.8 Å². The van der Waals surface area contributed by atoms with E-state index in [0.29, 0.717) is 24.3 Å². The van der Waals surface area contributed by atoms with Crippen LogP contribution in [0.4, 0.5) is 0 Å². The van der Waals surface area contributed by atoms with Gasteiger partial charge in [-0.1, -0.05) is 18.6 Å². The molecule has 1 aliphatic heterocycles. The Morgan fingerprint density at radius 1 is 1.26 bits per heavy atom. The molecule has 2 aromatic rings. The van der Waals surface area contributed by atoms with Gasteiger partial charge in [0.25, 0.3) is 5.91 Å². The minimum absolute atomic E-state index is 0.355. The van der Waals surface area contributed by atoms with E-state index >= 15 is 0 Å². The smallest absolute Gasteiger partial charge is 0.253 e. The Bertz CT molecular complexity index is 824. The first-order valence-corrected chi connectivity index (χ1v) is 9.03. The average Bonchev–Trinajstić information content (AvgIpc) is 2.68. The molecular weight excluding hydrogens is 346 g/mol. The Morgan fingerprint density at radius 3 is 2.93 bits per heavy atom. The lowest BCUT2D eigenvalue weighted by molar-refractivity contribution is -0.127. The van der Waals surface area contributed by atoms with Gasteiger partial charge >= 0.3 is 0 Å². The van der Waals surface area contributed by atoms with E-state index in [-0.39, 0.29) is 0 Å². The lowest BCUT2D eigenvalue weighted by Gasteiger charge is -2.23. The number of ether oxygens (including phenoxy) is 1. The van der Waals surface area contributed by atoms with E-state index in [0.717, 1.165) is 30.6 Å². The maximum atomic E-state index is 12.9. The molecule has 1 aromatic carbocycles. The number of hydrogen-bond acceptors (Lipinski definition) is 5. The molecule has 2 atom stereocenters. The van der Waals surface area contributed by atoms with Gasteiger partial charge in [-0.25, -0.2) is 0 Å². The first kappa shape index (κ1) is 18.8. The van der Waals surface area contributed by atoms with Gasteiger partial charge in [-0.2, -0.15) is 0 Å². The van der Waals surface area contributed by atoms with E-state index in [1.807, 2.05) is 24.3 Å². The minimum atomic E-state index is -1.44. The van der Waals surface area contributed by atoms with Crippen LogP contribution in [-0.2, 0) is 4.79 Å². The molecule has 2 heterocycles. The number of aliphatic hydroxyl groups is 1. The Morgan fingerprint density at radius 2 is 2.11 bits per heavy atom. The molecule has 0 fully saturated rings. The van der Waals surface area contributed by atoms with Crippen molar-refractivity contribution < 1.29 is 19.4 Å². The predicted octanol–water partition coefficient (Wildman–Crippen LogP) is 1.65. The van der Waals surface area contributed by atoms with Crippen LogP contribution in [0.15, 0.2) is 42.6 Å². The number of aliphatic hydroxyl groups excluding tert-OH is 1. The number of carbonyl (C=O) groups excluding carboxylic acids is 2. The minimum Gasteiger partial charge on any atom is -0.494 e. The highest BCUT2D eigenvalue weighted by Gasteiger charge is 2.27. The Kier molecular flexibility index (Phi) is 6.03. The number of nitrogens with zero attached hydrogens (tertiary/aromatic N) is 1. The first-order chi connectivity index (χ1) is 13.1. The summed E-state index contributed by atoms with van der Waals surface area (Å²) in [5.41, 5.74) is 6.85. The fourth-order valence-corrected chi connectivity index (χ4v) is 3.14. The molecule has 0 spiro atoms. The monoisotopic (exact) mass is 369 g/mol. The number of pyridine rings is 1. The second kappa shape index (κ2) is 8.64. The lowest BCUT2D eigenvalue weighted by Crippen LogP contribution is -2.49. The highest BCUT2D eigenvalue weighted by Crippen LogP contribution is 2.26. The largest absolute Gasteiger partial charge is 0.494 e. The van der Waals surface area contributed by atoms with Gasteiger partial charge in [-0.05, 0) is 43.5 Å². The molecule has 0 aliphatic carbocycles. The normalized spacial score (nSPS) is 19.0. The lowest BCUT2D eigenvalue weighted by atomic mass is 10.0. The summed E-state index contributed by atoms with van der Waals surface area (Å²) in [5, 5.41) is 12.9. The van der Waals surface area contributed by atoms with Crippen molar-refractivity contribution in [2.75, 3.05) is 6.61 Å². The molecule has 1 unspecified atom stereocenters. The van der Waals surface area contributed by atoms with Crippen LogP contribution in [0, 0.1) is 0 Å². The second-order valence-corrected chi connectivity index (χ2v) is 6.55. The molecule has 0 saturated carbocycles. The fraction of sp³-hybridized carbons (Fsp3) is 0.350. The maximum Gasteiger partial charge on any atom is 0.253 e. The van der Waals surface area contributed by atoms with Gasteiger partial charge in [0.05, 0.1) is 23.9 Å². The average molecular weight is 369 g/mol. The fourth-order valence-electron chi connectivity index (χ4n) is 3.14. The number of carbonyl (C=O) groups is 2. The summed E-state index contributed by atoms with van der Waals surface area (Å²) < 4.78 is 5.79. The number of hydrogen-bond donors (Lipinski definition) is 3. The zero-order valence-corrected chi connectivity index (χ0v) is 14.9. The van der Waals surface area contributed by atoms with Gasteiger partial charge in [-0.15, -0.1) is 0 Å². The zero-order chi connectivity index (χ0) is 19.2. The molecule has 3 rings (SSSR count). The predicted molar refractivity (Wildman–Crippen MR) is 100 cm³/mol. The van der Waals surface area contributed by atoms with Crippen LogP contribution in [0.1, 0.15) is 36.0 Å². The van der Waals surface area contributed by atoms with Crippen molar-refractivity contribution in [3.05, 3.63) is 48.2 Å². The van der Waals surface area contributed by atoms with Gasteiger partial charge < -0.3 is 20.9 Å². The molecule has 7 nitrogen and oxygen atoms in total. The van der Waals surface area contributed by atoms with Gasteiger partial charge in [0.2, 0.25) is 5.91 Å². The van der Waals surface area contributed by atoms with E-state index in [1.54, 1.807) is 18.3 Å². The molecule has 1 aromatic heterocycles. The van der Waals surface area contributed by atoms with Crippen LogP contribution in [0.2, 0.25) is 0 Å². The van der Waals surface area contributed by atoms with Gasteiger partial charge in [0, 0.05) is 11.8 Å². The summed E-state index contributed by atoms with van der Waals surface area (Å²) >= 11 is 0. The van der Waals surface area contributed by atoms with Crippen molar-refractivity contribution in [3.8, 4) is 17.0 Å². The van der Waals surface area contributed by atoms with Crippen LogP contribution >= 0.6 is 0 Å². The number of amides is 2. The van der Waals surface area contributed by atoms with Crippen LogP contribution in [-0.4, -0.2) is 40.7 Å². The van der Waals surface area contributed by atoms with Gasteiger partial charge in [-0.3, -0.25) is 14.6 Å². The van der Waals surface area contributed by atoms with Gasteiger partial charge in [0.1, 0.15) is 5.75 Å². The van der Waals surface area contributed by atoms with Crippen molar-refractivity contribution in [1.82, 2.24) is 10.3 Å². The van der Waals surface area contributed by atoms with E-state index in [2.05, 4.69) is 10.3 Å². The first-order valence-electron chi connectivity index (χ1n) is 9.03. The molecule has 7 heteroatoms. The molecule has 27 heavy (non-hydrogen) atoms. The summed E-state index contributed by atoms with van der Waals surface area (Å²) in [6, 6.07) is 10.0. The number of nitrogens with two attached hydrogens (primary N) is 1. The highest BCUT2D eigenvalue weighted by atomic mass is 16.5. The van der Waals surface area contributed by atoms with Crippen molar-refractivity contribution in [3.63, 3.8) is 0 Å². The summed E-state index contributed by atoms with van der Waals surface area (Å²) in [6.07, 6.45) is 3.00. The van der Waals surface area contributed by atoms with Gasteiger partial charge in [0.15, 0.2) is 6.10 Å². The topological polar surface area (TPSA) is 115 Å². The third-order valence-corrected chi connectivity index (χ3v) is 4.58. The number of primary amides is 1. The number of nitrogens with one attached hydrogen (secondary N) is 1. The maximum absolute atomic E-state index is 12.9. The van der Waals surface area contributed by atoms with Crippen LogP contribution in [0.5, 0.6) is 5.75 Å². The summed E-state index contributed by atoms with van der Waals surface area (Å²) in [7, 11) is 0. The number of benzene rings is 1. The van der Waals surface area contributed by atoms with E-state index in [1.165, 1.54) is 0 Å². The third-order valence-electron chi connectivity index (χ3n) is 4.58. The van der Waals surface area contributed by atoms with Crippen LogP contribution in [0.25, 0.3) is 11.3 Å². The molecule has 4 N–H and O–H groups in total. The molecule has 0 saturated heterocycles. The zero-order valence-electron chi connectivity index (χ0n) is 14.9. The molecule has 0 radical (unpaired) electrons. The van der Waals surface area contributed by atoms with Crippen molar-refractivity contribution in [2.24, 2.45) is 5.73 Å². The summed E-state index contributed by atoms with van der Waals surface area (Å²) in [4.78, 5) is 28.6. The Labute approximate surface area is 157 Å². The second-order valence-electron chi connectivity index (χ2n) is 6.55. The Balaban J connectivity index is 1.98. The molecule has 2 bridgehead atoms. The van der Waals surface area contributed by atoms with Crippen molar-refractivity contribution >= 4 is 11.8 Å². The number of rotatable bonds is 2. The van der Waals surface area contributed by atoms with E-state index < -0.39 is 24.0 Å². The number of aromatic nitrogens is 1. The standard InChI is InChI=1S/C20H23N3O4/c21-19(25)18(24)16-9-2-1-3-11-27-14-7-4-6-13(12-14)17-15(20(26)23-16)8-5-10-22-17/h4-8,10,12,16,18,24H,1-3,9,11H2,(H2,21,25)(H,23,26)/t16-,18?/m0/s1. The quantitative estimate of drug-likeness (QED) is 0.745. The summed E-state index contributed by atoms with van der Waals surface area (Å²) in [5.74, 6) is -0.542. The Hall–Kier alpha value is -2.93. The summed E-state index contributed by atoms with van der Waals surface area (Å²) in [6.45, 7) is 0.563. The van der Waals surface area contributed by atoms with E-state index in [4.69, 9.17) is 10.5 Å². The third kappa shape index (κ3) is 4.62. The molecule has 1 aliphatic rings. The molecular formula is C20H23N3O4. The van der Waals surface area contributed by atoms with E-state index in [9.17, 15) is 14.7 Å². The van der Waals surface area contributed by atoms with Crippen LogP contribution in [0.3, 0.4) is 0 Å². The molecule has 2 amide bonds. The highest BCUT2D eigenvalue weighted by molar-refractivity contribution is 6.00. The van der Waals surface area contributed by atoms with Crippen LogP contribution < -0.4 is 15.8 Å². The number of fused-ring (bicyclic) bond motifs is 4. The SMILES string of the molecule is NC(=O)C(O)[C@@H]1CCCCCOc2cccc(c2)-c2ncccc2C(=O)N1. The molecule has 142 valence electrons. The van der Waals surface area contributed by atoms with Crippen molar-refractivity contribution in [1.29, 1.82) is 0 Å².